The molecule has 2 N–H and O–H groups in total. The summed E-state index contributed by atoms with van der Waals surface area (Å²) in [6.07, 6.45) is 0. The van der Waals surface area contributed by atoms with E-state index in [-0.39, 0.29) is 27.9 Å². The molecule has 0 unspecified atom stereocenters. The lowest BCUT2D eigenvalue weighted by molar-refractivity contribution is 0.0949. The molecule has 1 aromatic heterocycles. The number of carbonyl (C=O) groups is 2. The highest BCUT2D eigenvalue weighted by atomic mass is 35.5. The van der Waals surface area contributed by atoms with Gasteiger partial charge in [0.15, 0.2) is 0 Å². The van der Waals surface area contributed by atoms with Crippen molar-refractivity contribution in [2.45, 2.75) is 20.1 Å². The van der Waals surface area contributed by atoms with Crippen LogP contribution in [-0.4, -0.2) is 21.6 Å². The van der Waals surface area contributed by atoms with E-state index in [1.54, 1.807) is 20.0 Å². The van der Waals surface area contributed by atoms with Gasteiger partial charge in [-0.1, -0.05) is 41.9 Å². The lowest BCUT2D eigenvalue weighted by Crippen LogP contribution is -2.23. The van der Waals surface area contributed by atoms with Crippen LogP contribution in [0.3, 0.4) is 0 Å². The molecule has 0 spiro atoms. The fourth-order valence-corrected chi connectivity index (χ4v) is 3.17. The lowest BCUT2D eigenvalue weighted by atomic mass is 10.1. The molecule has 1 heterocycles. The molecule has 0 bridgehead atoms. The molecule has 0 saturated carbocycles. The standard InChI is InChI=1S/C21H20ClFN4O2/c1-13-18(11-23)26-27(2)19(13)21(29)25-15-8-9-17(22)16(10-15)20(28)24-12-14-6-4-3-5-7-14/h3-10H,11-12H2,1-2H3,(H,24,28)(H,25,29). The van der Waals surface area contributed by atoms with Gasteiger partial charge in [0.05, 0.1) is 16.3 Å². The number of anilines is 1. The predicted molar refractivity (Wildman–Crippen MR) is 110 cm³/mol. The third-order valence-corrected chi connectivity index (χ3v) is 4.82. The second-order valence-corrected chi connectivity index (χ2v) is 6.90. The number of halogens is 2. The van der Waals surface area contributed by atoms with E-state index >= 15 is 0 Å². The number of alkyl halides is 1. The summed E-state index contributed by atoms with van der Waals surface area (Å²) in [6.45, 7) is 1.24. The molecule has 0 atom stereocenters. The summed E-state index contributed by atoms with van der Waals surface area (Å²) in [5.74, 6) is -0.804. The molecule has 150 valence electrons. The Hall–Kier alpha value is -3.19. The predicted octanol–water partition coefficient (Wildman–Crippen LogP) is 4.03. The maximum absolute atomic E-state index is 13.0. The van der Waals surface area contributed by atoms with Crippen molar-refractivity contribution >= 4 is 29.1 Å². The Kier molecular flexibility index (Phi) is 6.29. The molecule has 0 radical (unpaired) electrons. The number of carbonyl (C=O) groups excluding carboxylic acids is 2. The topological polar surface area (TPSA) is 76.0 Å². The van der Waals surface area contributed by atoms with Gasteiger partial charge in [-0.3, -0.25) is 14.3 Å². The van der Waals surface area contributed by atoms with Crippen molar-refractivity contribution in [3.05, 3.63) is 81.6 Å². The van der Waals surface area contributed by atoms with E-state index in [0.717, 1.165) is 5.56 Å². The van der Waals surface area contributed by atoms with Gasteiger partial charge >= 0.3 is 0 Å². The maximum Gasteiger partial charge on any atom is 0.274 e. The molecule has 8 heteroatoms. The van der Waals surface area contributed by atoms with E-state index in [9.17, 15) is 14.0 Å². The highest BCUT2D eigenvalue weighted by Gasteiger charge is 2.20. The van der Waals surface area contributed by atoms with Crippen LogP contribution >= 0.6 is 11.6 Å². The van der Waals surface area contributed by atoms with Crippen molar-refractivity contribution in [3.63, 3.8) is 0 Å². The van der Waals surface area contributed by atoms with Crippen LogP contribution in [0.15, 0.2) is 48.5 Å². The minimum atomic E-state index is -0.750. The second-order valence-electron chi connectivity index (χ2n) is 6.49. The Morgan fingerprint density at radius 1 is 1.14 bits per heavy atom. The number of aromatic nitrogens is 2. The number of nitrogens with one attached hydrogen (secondary N) is 2. The van der Waals surface area contributed by atoms with Gasteiger partial charge in [-0.2, -0.15) is 5.10 Å². The third kappa shape index (κ3) is 4.63. The van der Waals surface area contributed by atoms with Crippen molar-refractivity contribution in [1.82, 2.24) is 15.1 Å². The molecule has 3 rings (SSSR count). The molecular formula is C21H20ClFN4O2. The lowest BCUT2D eigenvalue weighted by Gasteiger charge is -2.11. The first-order valence-corrected chi connectivity index (χ1v) is 9.30. The molecule has 0 aliphatic heterocycles. The van der Waals surface area contributed by atoms with Gasteiger partial charge in [0.2, 0.25) is 0 Å². The molecule has 2 amide bonds. The minimum absolute atomic E-state index is 0.217. The van der Waals surface area contributed by atoms with Gasteiger partial charge in [-0.05, 0) is 30.7 Å². The molecule has 6 nitrogen and oxygen atoms in total. The van der Waals surface area contributed by atoms with Crippen LogP contribution in [0.4, 0.5) is 10.1 Å². The molecule has 0 saturated heterocycles. The number of rotatable bonds is 6. The number of nitrogens with zero attached hydrogens (tertiary/aromatic N) is 2. The highest BCUT2D eigenvalue weighted by Crippen LogP contribution is 2.22. The van der Waals surface area contributed by atoms with E-state index in [1.807, 2.05) is 30.3 Å². The summed E-state index contributed by atoms with van der Waals surface area (Å²) >= 11 is 6.17. The molecule has 2 aromatic carbocycles. The van der Waals surface area contributed by atoms with Gasteiger partial charge in [-0.15, -0.1) is 0 Å². The summed E-state index contributed by atoms with van der Waals surface area (Å²) in [7, 11) is 1.57. The van der Waals surface area contributed by atoms with Gasteiger partial charge < -0.3 is 10.6 Å². The fourth-order valence-electron chi connectivity index (χ4n) is 2.97. The minimum Gasteiger partial charge on any atom is -0.348 e. The molecule has 29 heavy (non-hydrogen) atoms. The molecule has 3 aromatic rings. The van der Waals surface area contributed by atoms with Crippen molar-refractivity contribution in [1.29, 1.82) is 0 Å². The quantitative estimate of drug-likeness (QED) is 0.639. The molecule has 0 fully saturated rings. The first-order chi connectivity index (χ1) is 13.9. The van der Waals surface area contributed by atoms with E-state index in [4.69, 9.17) is 11.6 Å². The summed E-state index contributed by atoms with van der Waals surface area (Å²) in [5.41, 5.74) is 2.54. The van der Waals surface area contributed by atoms with Crippen LogP contribution in [-0.2, 0) is 20.3 Å². The fraction of sp³-hybridized carbons (Fsp3) is 0.190. The van der Waals surface area contributed by atoms with Gasteiger partial charge in [0.25, 0.3) is 11.8 Å². The monoisotopic (exact) mass is 414 g/mol. The van der Waals surface area contributed by atoms with Crippen molar-refractivity contribution in [2.75, 3.05) is 5.32 Å². The highest BCUT2D eigenvalue weighted by molar-refractivity contribution is 6.34. The largest absolute Gasteiger partial charge is 0.348 e. The zero-order chi connectivity index (χ0) is 21.0. The zero-order valence-corrected chi connectivity index (χ0v) is 16.8. The van der Waals surface area contributed by atoms with Crippen LogP contribution < -0.4 is 10.6 Å². The SMILES string of the molecule is Cc1c(CF)nn(C)c1C(=O)Nc1ccc(Cl)c(C(=O)NCc2ccccc2)c1. The maximum atomic E-state index is 13.0. The Morgan fingerprint density at radius 3 is 2.52 bits per heavy atom. The molecular weight excluding hydrogens is 395 g/mol. The van der Waals surface area contributed by atoms with Crippen molar-refractivity contribution in [3.8, 4) is 0 Å². The van der Waals surface area contributed by atoms with Crippen molar-refractivity contribution < 1.29 is 14.0 Å². The first kappa shape index (κ1) is 20.5. The number of aryl methyl sites for hydroxylation is 1. The third-order valence-electron chi connectivity index (χ3n) is 4.49. The number of hydrogen-bond donors (Lipinski definition) is 2. The Balaban J connectivity index is 1.76. The van der Waals surface area contributed by atoms with Crippen LogP contribution in [0.5, 0.6) is 0 Å². The summed E-state index contributed by atoms with van der Waals surface area (Å²) in [4.78, 5) is 25.2. The average Bonchev–Trinajstić information content (AvgIpc) is 3.01. The first-order valence-electron chi connectivity index (χ1n) is 8.92. The Bertz CT molecular complexity index is 1050. The number of hydrogen-bond acceptors (Lipinski definition) is 3. The summed E-state index contributed by atoms with van der Waals surface area (Å²) in [6, 6.07) is 14.1. The van der Waals surface area contributed by atoms with Crippen LogP contribution in [0.2, 0.25) is 5.02 Å². The number of benzene rings is 2. The van der Waals surface area contributed by atoms with Gasteiger partial charge in [0, 0.05) is 24.8 Å². The van der Waals surface area contributed by atoms with Crippen molar-refractivity contribution in [2.24, 2.45) is 7.05 Å². The molecule has 0 aliphatic rings. The smallest absolute Gasteiger partial charge is 0.274 e. The summed E-state index contributed by atoms with van der Waals surface area (Å²) < 4.78 is 14.3. The van der Waals surface area contributed by atoms with E-state index < -0.39 is 12.6 Å². The van der Waals surface area contributed by atoms with Gasteiger partial charge in [0.1, 0.15) is 12.4 Å². The van der Waals surface area contributed by atoms with Gasteiger partial charge in [-0.25, -0.2) is 4.39 Å². The van der Waals surface area contributed by atoms with E-state index in [1.165, 1.54) is 16.8 Å². The molecule has 0 aliphatic carbocycles. The van der Waals surface area contributed by atoms with Crippen LogP contribution in [0, 0.1) is 6.92 Å². The normalized spacial score (nSPS) is 10.6. The zero-order valence-electron chi connectivity index (χ0n) is 16.0. The van der Waals surface area contributed by atoms with E-state index in [2.05, 4.69) is 15.7 Å². The number of amides is 2. The Labute approximate surface area is 172 Å². The van der Waals surface area contributed by atoms with Crippen LogP contribution in [0.25, 0.3) is 0 Å². The second kappa shape index (κ2) is 8.87. The van der Waals surface area contributed by atoms with Crippen LogP contribution in [0.1, 0.15) is 37.7 Å². The summed E-state index contributed by atoms with van der Waals surface area (Å²) in [5, 5.41) is 9.79. The van der Waals surface area contributed by atoms with E-state index in [0.29, 0.717) is 17.8 Å². The Morgan fingerprint density at radius 2 is 1.86 bits per heavy atom. The average molecular weight is 415 g/mol.